The third-order valence-electron chi connectivity index (χ3n) is 4.14. The van der Waals surface area contributed by atoms with Crippen LogP contribution in [-0.4, -0.2) is 36.3 Å². The summed E-state index contributed by atoms with van der Waals surface area (Å²) in [5, 5.41) is 5.02. The number of nitrogens with one attached hydrogen (secondary N) is 1. The first-order valence-corrected chi connectivity index (χ1v) is 9.02. The van der Waals surface area contributed by atoms with Crippen LogP contribution in [0.2, 0.25) is 0 Å². The molecule has 1 aromatic rings. The van der Waals surface area contributed by atoms with Crippen molar-refractivity contribution in [2.24, 2.45) is 11.8 Å². The number of amides is 2. The lowest BCUT2D eigenvalue weighted by atomic mass is 9.95. The Balaban J connectivity index is 1.70. The van der Waals surface area contributed by atoms with Gasteiger partial charge in [-0.25, -0.2) is 0 Å². The minimum atomic E-state index is 0.0675. The van der Waals surface area contributed by atoms with E-state index in [9.17, 15) is 9.59 Å². The van der Waals surface area contributed by atoms with Crippen LogP contribution in [0.5, 0.6) is 0 Å². The van der Waals surface area contributed by atoms with E-state index in [0.29, 0.717) is 25.4 Å². The largest absolute Gasteiger partial charge is 0.356 e. The first kappa shape index (κ1) is 17.0. The number of hydrogen-bond donors (Lipinski definition) is 1. The summed E-state index contributed by atoms with van der Waals surface area (Å²) in [6, 6.07) is 3.97. The van der Waals surface area contributed by atoms with Crippen LogP contribution in [0, 0.1) is 11.8 Å². The number of thiophene rings is 1. The van der Waals surface area contributed by atoms with Gasteiger partial charge in [-0.3, -0.25) is 9.59 Å². The maximum atomic E-state index is 12.2. The molecule has 2 rings (SSSR count). The first-order valence-electron chi connectivity index (χ1n) is 8.14. The van der Waals surface area contributed by atoms with Gasteiger partial charge < -0.3 is 10.2 Å². The SMILES string of the molecule is CC(C)CCNC(=O)C1CCN(C(=O)Cc2cccs2)CC1. The van der Waals surface area contributed by atoms with Gasteiger partial charge in [-0.1, -0.05) is 19.9 Å². The standard InChI is InChI=1S/C17H26N2O2S/c1-13(2)5-8-18-17(21)14-6-9-19(10-7-14)16(20)12-15-4-3-11-22-15/h3-4,11,13-14H,5-10,12H2,1-2H3,(H,18,21). The van der Waals surface area contributed by atoms with Crippen molar-refractivity contribution in [3.63, 3.8) is 0 Å². The zero-order valence-electron chi connectivity index (χ0n) is 13.5. The Labute approximate surface area is 136 Å². The molecule has 2 heterocycles. The molecule has 2 amide bonds. The molecule has 0 unspecified atom stereocenters. The van der Waals surface area contributed by atoms with Crippen molar-refractivity contribution in [3.05, 3.63) is 22.4 Å². The van der Waals surface area contributed by atoms with Crippen molar-refractivity contribution in [1.29, 1.82) is 0 Å². The molecule has 0 aliphatic carbocycles. The van der Waals surface area contributed by atoms with E-state index in [1.807, 2.05) is 22.4 Å². The average molecular weight is 322 g/mol. The highest BCUT2D eigenvalue weighted by Gasteiger charge is 2.27. The summed E-state index contributed by atoms with van der Waals surface area (Å²) >= 11 is 1.62. The highest BCUT2D eigenvalue weighted by atomic mass is 32.1. The highest BCUT2D eigenvalue weighted by Crippen LogP contribution is 2.19. The van der Waals surface area contributed by atoms with E-state index in [1.54, 1.807) is 11.3 Å². The summed E-state index contributed by atoms with van der Waals surface area (Å²) in [7, 11) is 0. The lowest BCUT2D eigenvalue weighted by Crippen LogP contribution is -2.43. The Hall–Kier alpha value is -1.36. The zero-order chi connectivity index (χ0) is 15.9. The van der Waals surface area contributed by atoms with Crippen LogP contribution in [0.15, 0.2) is 17.5 Å². The highest BCUT2D eigenvalue weighted by molar-refractivity contribution is 7.10. The van der Waals surface area contributed by atoms with Crippen molar-refractivity contribution in [3.8, 4) is 0 Å². The molecule has 1 fully saturated rings. The monoisotopic (exact) mass is 322 g/mol. The minimum absolute atomic E-state index is 0.0675. The molecular weight excluding hydrogens is 296 g/mol. The van der Waals surface area contributed by atoms with Crippen molar-refractivity contribution >= 4 is 23.2 Å². The third-order valence-corrected chi connectivity index (χ3v) is 5.02. The summed E-state index contributed by atoms with van der Waals surface area (Å²) in [6.07, 6.45) is 3.07. The Morgan fingerprint density at radius 2 is 2.09 bits per heavy atom. The number of nitrogens with zero attached hydrogens (tertiary/aromatic N) is 1. The Bertz CT molecular complexity index is 477. The maximum absolute atomic E-state index is 12.2. The van der Waals surface area contributed by atoms with Gasteiger partial charge in [0.1, 0.15) is 0 Å². The predicted molar refractivity (Wildman–Crippen MR) is 89.8 cm³/mol. The molecule has 1 aliphatic heterocycles. The molecule has 1 saturated heterocycles. The van der Waals surface area contributed by atoms with Crippen LogP contribution in [0.4, 0.5) is 0 Å². The second-order valence-corrected chi connectivity index (χ2v) is 7.42. The normalized spacial score (nSPS) is 16.0. The van der Waals surface area contributed by atoms with Gasteiger partial charge in [0.25, 0.3) is 0 Å². The molecule has 1 aliphatic rings. The van der Waals surface area contributed by atoms with Gasteiger partial charge in [0.15, 0.2) is 0 Å². The van der Waals surface area contributed by atoms with E-state index in [0.717, 1.165) is 30.7 Å². The molecule has 0 saturated carbocycles. The van der Waals surface area contributed by atoms with Crippen LogP contribution in [0.25, 0.3) is 0 Å². The predicted octanol–water partition coefficient (Wildman–Crippen LogP) is 2.69. The molecule has 0 radical (unpaired) electrons. The van der Waals surface area contributed by atoms with Crippen LogP contribution >= 0.6 is 11.3 Å². The average Bonchev–Trinajstić information content (AvgIpc) is 3.00. The number of likely N-dealkylation sites (tertiary alicyclic amines) is 1. The summed E-state index contributed by atoms with van der Waals surface area (Å²) in [4.78, 5) is 27.3. The quantitative estimate of drug-likeness (QED) is 0.875. The molecule has 1 aromatic heterocycles. The molecule has 1 N–H and O–H groups in total. The third kappa shape index (κ3) is 5.13. The lowest BCUT2D eigenvalue weighted by molar-refractivity contribution is -0.135. The fraction of sp³-hybridized carbons (Fsp3) is 0.647. The molecule has 0 spiro atoms. The Kier molecular flexibility index (Phi) is 6.43. The molecule has 0 aromatic carbocycles. The first-order chi connectivity index (χ1) is 10.6. The molecule has 22 heavy (non-hydrogen) atoms. The smallest absolute Gasteiger partial charge is 0.227 e. The molecule has 4 nitrogen and oxygen atoms in total. The fourth-order valence-corrected chi connectivity index (χ4v) is 3.39. The fourth-order valence-electron chi connectivity index (χ4n) is 2.69. The molecule has 5 heteroatoms. The van der Waals surface area contributed by atoms with Gasteiger partial charge in [0.2, 0.25) is 11.8 Å². The summed E-state index contributed by atoms with van der Waals surface area (Å²) < 4.78 is 0. The van der Waals surface area contributed by atoms with Gasteiger partial charge >= 0.3 is 0 Å². The van der Waals surface area contributed by atoms with E-state index in [-0.39, 0.29) is 17.7 Å². The van der Waals surface area contributed by atoms with Crippen LogP contribution in [0.3, 0.4) is 0 Å². The van der Waals surface area contributed by atoms with Gasteiger partial charge in [-0.05, 0) is 36.6 Å². The van der Waals surface area contributed by atoms with E-state index in [1.165, 1.54) is 0 Å². The zero-order valence-corrected chi connectivity index (χ0v) is 14.3. The van der Waals surface area contributed by atoms with E-state index in [4.69, 9.17) is 0 Å². The van der Waals surface area contributed by atoms with Gasteiger partial charge in [-0.2, -0.15) is 0 Å². The van der Waals surface area contributed by atoms with Gasteiger partial charge in [0, 0.05) is 30.4 Å². The molecule has 0 atom stereocenters. The molecule has 0 bridgehead atoms. The summed E-state index contributed by atoms with van der Waals surface area (Å²) in [5.74, 6) is 1.02. The topological polar surface area (TPSA) is 49.4 Å². The minimum Gasteiger partial charge on any atom is -0.356 e. The second kappa shape index (κ2) is 8.32. The van der Waals surface area contributed by atoms with Gasteiger partial charge in [0.05, 0.1) is 6.42 Å². The number of piperidine rings is 1. The number of rotatable bonds is 6. The van der Waals surface area contributed by atoms with E-state index < -0.39 is 0 Å². The van der Waals surface area contributed by atoms with Crippen molar-refractivity contribution in [1.82, 2.24) is 10.2 Å². The maximum Gasteiger partial charge on any atom is 0.227 e. The van der Waals surface area contributed by atoms with E-state index >= 15 is 0 Å². The second-order valence-electron chi connectivity index (χ2n) is 6.38. The summed E-state index contributed by atoms with van der Waals surface area (Å²) in [5.41, 5.74) is 0. The summed E-state index contributed by atoms with van der Waals surface area (Å²) in [6.45, 7) is 6.47. The van der Waals surface area contributed by atoms with Crippen molar-refractivity contribution < 1.29 is 9.59 Å². The Morgan fingerprint density at radius 3 is 2.68 bits per heavy atom. The van der Waals surface area contributed by atoms with Crippen LogP contribution in [-0.2, 0) is 16.0 Å². The van der Waals surface area contributed by atoms with Crippen LogP contribution < -0.4 is 5.32 Å². The number of carbonyl (C=O) groups is 2. The van der Waals surface area contributed by atoms with Gasteiger partial charge in [-0.15, -0.1) is 11.3 Å². The van der Waals surface area contributed by atoms with Crippen molar-refractivity contribution in [2.45, 2.75) is 39.5 Å². The van der Waals surface area contributed by atoms with E-state index in [2.05, 4.69) is 19.2 Å². The van der Waals surface area contributed by atoms with Crippen LogP contribution in [0.1, 0.15) is 38.0 Å². The molecular formula is C17H26N2O2S. The lowest BCUT2D eigenvalue weighted by Gasteiger charge is -2.31. The number of hydrogen-bond acceptors (Lipinski definition) is 3. The Morgan fingerprint density at radius 1 is 1.36 bits per heavy atom. The molecule has 122 valence electrons. The number of carbonyl (C=O) groups excluding carboxylic acids is 2. The van der Waals surface area contributed by atoms with Crippen molar-refractivity contribution in [2.75, 3.05) is 19.6 Å².